The lowest BCUT2D eigenvalue weighted by atomic mass is 9.92. The quantitative estimate of drug-likeness (QED) is 0.626. The highest BCUT2D eigenvalue weighted by atomic mass is 35.5. The van der Waals surface area contributed by atoms with E-state index in [0.717, 1.165) is 6.42 Å². The molecule has 0 heterocycles. The molecule has 18 heavy (non-hydrogen) atoms. The second-order valence-corrected chi connectivity index (χ2v) is 6.82. The highest BCUT2D eigenvalue weighted by Crippen LogP contribution is 2.16. The fourth-order valence-electron chi connectivity index (χ4n) is 1.81. The van der Waals surface area contributed by atoms with Crippen molar-refractivity contribution in [2.75, 3.05) is 25.5 Å². The van der Waals surface area contributed by atoms with E-state index in [2.05, 4.69) is 4.72 Å². The molecule has 0 saturated carbocycles. The fourth-order valence-corrected chi connectivity index (χ4v) is 3.16. The van der Waals surface area contributed by atoms with Crippen LogP contribution in [0.15, 0.2) is 0 Å². The topological polar surface area (TPSA) is 81.4 Å². The van der Waals surface area contributed by atoms with E-state index in [-0.39, 0.29) is 24.8 Å². The van der Waals surface area contributed by atoms with Crippen LogP contribution in [0.4, 0.5) is 0 Å². The van der Waals surface area contributed by atoms with Crippen LogP contribution in [0.2, 0.25) is 0 Å². The molecule has 7 heteroatoms. The Kier molecular flexibility index (Phi) is 10.3. The molecular formula is C11H27ClN2O3S. The van der Waals surface area contributed by atoms with Crippen LogP contribution in [0, 0.1) is 5.92 Å². The van der Waals surface area contributed by atoms with Crippen LogP contribution in [-0.4, -0.2) is 39.5 Å². The number of nitrogens with two attached hydrogens (primary N) is 1. The van der Waals surface area contributed by atoms with E-state index in [0.29, 0.717) is 19.1 Å². The van der Waals surface area contributed by atoms with Gasteiger partial charge in [0.05, 0.1) is 12.4 Å². The number of hydrogen-bond donors (Lipinski definition) is 2. The largest absolute Gasteiger partial charge is 0.381 e. The molecule has 0 aliphatic carbocycles. The van der Waals surface area contributed by atoms with Gasteiger partial charge in [-0.2, -0.15) is 0 Å². The molecule has 0 amide bonds. The van der Waals surface area contributed by atoms with Crippen LogP contribution in [0.25, 0.3) is 0 Å². The highest BCUT2D eigenvalue weighted by Gasteiger charge is 2.28. The lowest BCUT2D eigenvalue weighted by Crippen LogP contribution is -2.52. The molecule has 0 aliphatic rings. The Balaban J connectivity index is 0. The van der Waals surface area contributed by atoms with Crippen LogP contribution in [-0.2, 0) is 14.8 Å². The summed E-state index contributed by atoms with van der Waals surface area (Å²) in [5.41, 5.74) is 5.09. The van der Waals surface area contributed by atoms with Gasteiger partial charge < -0.3 is 10.5 Å². The van der Waals surface area contributed by atoms with Gasteiger partial charge in [0.1, 0.15) is 0 Å². The molecule has 0 aromatic heterocycles. The maximum Gasteiger partial charge on any atom is 0.214 e. The number of ether oxygens (including phenoxy) is 1. The van der Waals surface area contributed by atoms with Gasteiger partial charge in [-0.15, -0.1) is 12.4 Å². The average Bonchev–Trinajstić information content (AvgIpc) is 2.15. The standard InChI is InChI=1S/C11H26N2O3S.ClH/c1-5-16-6-7-17(14,15)13-11(4,9-12)8-10(2)3;/h10,13H,5-9,12H2,1-4H3;1H. The van der Waals surface area contributed by atoms with Gasteiger partial charge in [-0.3, -0.25) is 0 Å². The van der Waals surface area contributed by atoms with Crippen LogP contribution >= 0.6 is 12.4 Å². The van der Waals surface area contributed by atoms with Gasteiger partial charge in [0.15, 0.2) is 0 Å². The number of sulfonamides is 1. The second-order valence-electron chi connectivity index (χ2n) is 4.98. The van der Waals surface area contributed by atoms with E-state index in [4.69, 9.17) is 10.5 Å². The summed E-state index contributed by atoms with van der Waals surface area (Å²) in [5, 5.41) is 0. The summed E-state index contributed by atoms with van der Waals surface area (Å²) in [4.78, 5) is 0. The normalized spacial score (nSPS) is 15.2. The third-order valence-corrected chi connectivity index (χ3v) is 3.92. The summed E-state index contributed by atoms with van der Waals surface area (Å²) in [7, 11) is -3.32. The Bertz CT molecular complexity index is 309. The van der Waals surface area contributed by atoms with Crippen molar-refractivity contribution < 1.29 is 13.2 Å². The number of halogens is 1. The minimum atomic E-state index is -3.32. The summed E-state index contributed by atoms with van der Waals surface area (Å²) in [6.07, 6.45) is 0.720. The number of rotatable bonds is 9. The van der Waals surface area contributed by atoms with E-state index < -0.39 is 15.6 Å². The maximum absolute atomic E-state index is 11.8. The predicted octanol–water partition coefficient (Wildman–Crippen LogP) is 1.13. The smallest absolute Gasteiger partial charge is 0.214 e. The van der Waals surface area contributed by atoms with E-state index >= 15 is 0 Å². The second kappa shape index (κ2) is 9.09. The fraction of sp³-hybridized carbons (Fsp3) is 1.00. The van der Waals surface area contributed by atoms with Crippen molar-refractivity contribution in [3.05, 3.63) is 0 Å². The minimum Gasteiger partial charge on any atom is -0.381 e. The van der Waals surface area contributed by atoms with E-state index in [1.165, 1.54) is 0 Å². The van der Waals surface area contributed by atoms with Gasteiger partial charge >= 0.3 is 0 Å². The Morgan fingerprint density at radius 2 is 1.94 bits per heavy atom. The summed E-state index contributed by atoms with van der Waals surface area (Å²) in [6.45, 7) is 8.79. The van der Waals surface area contributed by atoms with Crippen LogP contribution in [0.3, 0.4) is 0 Å². The zero-order chi connectivity index (χ0) is 13.5. The first-order chi connectivity index (χ1) is 7.74. The van der Waals surface area contributed by atoms with Crippen molar-refractivity contribution in [1.82, 2.24) is 4.72 Å². The third-order valence-electron chi connectivity index (χ3n) is 2.41. The Hall–Kier alpha value is 0.120. The first-order valence-electron chi connectivity index (χ1n) is 6.04. The van der Waals surface area contributed by atoms with Crippen LogP contribution < -0.4 is 10.5 Å². The zero-order valence-electron chi connectivity index (χ0n) is 11.7. The zero-order valence-corrected chi connectivity index (χ0v) is 13.4. The number of hydrogen-bond acceptors (Lipinski definition) is 4. The third kappa shape index (κ3) is 9.10. The molecule has 0 aromatic rings. The molecule has 0 saturated heterocycles. The Morgan fingerprint density at radius 3 is 2.33 bits per heavy atom. The molecule has 5 nitrogen and oxygen atoms in total. The average molecular weight is 303 g/mol. The van der Waals surface area contributed by atoms with Gasteiger partial charge in [0.25, 0.3) is 0 Å². The van der Waals surface area contributed by atoms with Crippen molar-refractivity contribution >= 4 is 22.4 Å². The van der Waals surface area contributed by atoms with Crippen LogP contribution in [0.5, 0.6) is 0 Å². The van der Waals surface area contributed by atoms with Gasteiger partial charge in [-0.1, -0.05) is 13.8 Å². The lowest BCUT2D eigenvalue weighted by Gasteiger charge is -2.30. The minimum absolute atomic E-state index is 0. The van der Waals surface area contributed by atoms with Gasteiger partial charge in [-0.25, -0.2) is 13.1 Å². The van der Waals surface area contributed by atoms with E-state index in [1.54, 1.807) is 0 Å². The van der Waals surface area contributed by atoms with Crippen molar-refractivity contribution in [3.8, 4) is 0 Å². The molecule has 0 fully saturated rings. The predicted molar refractivity (Wildman–Crippen MR) is 77.6 cm³/mol. The van der Waals surface area contributed by atoms with Gasteiger partial charge in [0.2, 0.25) is 10.0 Å². The van der Waals surface area contributed by atoms with Crippen molar-refractivity contribution in [2.45, 2.75) is 39.7 Å². The maximum atomic E-state index is 11.8. The highest BCUT2D eigenvalue weighted by molar-refractivity contribution is 7.89. The van der Waals surface area contributed by atoms with Gasteiger partial charge in [-0.05, 0) is 26.2 Å². The molecule has 0 aliphatic heterocycles. The summed E-state index contributed by atoms with van der Waals surface area (Å²) in [5.74, 6) is 0.368. The summed E-state index contributed by atoms with van der Waals surface area (Å²) >= 11 is 0. The molecule has 0 radical (unpaired) electrons. The first kappa shape index (κ1) is 20.4. The molecule has 1 atom stereocenters. The first-order valence-corrected chi connectivity index (χ1v) is 7.69. The Morgan fingerprint density at radius 1 is 1.39 bits per heavy atom. The van der Waals surface area contributed by atoms with E-state index in [9.17, 15) is 8.42 Å². The van der Waals surface area contributed by atoms with Gasteiger partial charge in [0, 0.05) is 18.7 Å². The number of nitrogens with one attached hydrogen (secondary N) is 1. The summed E-state index contributed by atoms with van der Waals surface area (Å²) in [6, 6.07) is 0. The SMILES string of the molecule is CCOCCS(=O)(=O)NC(C)(CN)CC(C)C.Cl. The molecule has 3 N–H and O–H groups in total. The molecule has 0 spiro atoms. The summed E-state index contributed by atoms with van der Waals surface area (Å²) < 4.78 is 31.4. The van der Waals surface area contributed by atoms with Crippen molar-refractivity contribution in [3.63, 3.8) is 0 Å². The van der Waals surface area contributed by atoms with Crippen molar-refractivity contribution in [1.29, 1.82) is 0 Å². The molecule has 0 rings (SSSR count). The van der Waals surface area contributed by atoms with E-state index in [1.807, 2.05) is 27.7 Å². The monoisotopic (exact) mass is 302 g/mol. The molecule has 112 valence electrons. The van der Waals surface area contributed by atoms with Crippen molar-refractivity contribution in [2.24, 2.45) is 11.7 Å². The molecular weight excluding hydrogens is 276 g/mol. The Labute approximate surface area is 117 Å². The lowest BCUT2D eigenvalue weighted by molar-refractivity contribution is 0.163. The van der Waals surface area contributed by atoms with Crippen LogP contribution in [0.1, 0.15) is 34.1 Å². The molecule has 0 aromatic carbocycles. The molecule has 1 unspecified atom stereocenters. The molecule has 0 bridgehead atoms.